The fourth-order valence-electron chi connectivity index (χ4n) is 3.58. The topological polar surface area (TPSA) is 84.6 Å². The van der Waals surface area contributed by atoms with E-state index in [-0.39, 0.29) is 17.5 Å². The normalized spacial score (nSPS) is 10.9. The Morgan fingerprint density at radius 2 is 1.76 bits per heavy atom. The number of ether oxygens (including phenoxy) is 1. The Labute approximate surface area is 196 Å². The molecule has 5 rings (SSSR count). The van der Waals surface area contributed by atoms with Gasteiger partial charge in [-0.15, -0.1) is 0 Å². The van der Waals surface area contributed by atoms with Crippen LogP contribution in [0.25, 0.3) is 22.6 Å². The van der Waals surface area contributed by atoms with E-state index in [0.29, 0.717) is 40.3 Å². The maximum absolute atomic E-state index is 12.8. The number of anilines is 1. The predicted molar refractivity (Wildman–Crippen MR) is 131 cm³/mol. The number of benzene rings is 4. The average Bonchev–Trinajstić information content (AvgIpc) is 3.28. The van der Waals surface area contributed by atoms with Gasteiger partial charge in [-0.05, 0) is 72.6 Å². The standard InChI is InChI=1S/C28H22N2O4/c1-18-7-13-24-26(15-18)34-28(30-24)23-16-21(10-14-25(23)31)29-27(32)20-8-11-22(12-9-20)33-17-19-5-3-2-4-6-19/h2-16,31H,17H2,1H3,(H,29,32). The van der Waals surface area contributed by atoms with Crippen LogP contribution in [0.1, 0.15) is 21.5 Å². The zero-order valence-corrected chi connectivity index (χ0v) is 18.5. The number of carbonyl (C=O) groups excluding carboxylic acids is 1. The van der Waals surface area contributed by atoms with Crippen molar-refractivity contribution >= 4 is 22.7 Å². The zero-order valence-electron chi connectivity index (χ0n) is 18.5. The molecule has 1 aromatic heterocycles. The van der Waals surface area contributed by atoms with E-state index in [4.69, 9.17) is 9.15 Å². The number of phenols is 1. The number of hydrogen-bond donors (Lipinski definition) is 2. The lowest BCUT2D eigenvalue weighted by atomic mass is 10.1. The summed E-state index contributed by atoms with van der Waals surface area (Å²) in [6.45, 7) is 2.43. The van der Waals surface area contributed by atoms with Gasteiger partial charge >= 0.3 is 0 Å². The molecule has 0 unspecified atom stereocenters. The smallest absolute Gasteiger partial charge is 0.255 e. The minimum Gasteiger partial charge on any atom is -0.507 e. The summed E-state index contributed by atoms with van der Waals surface area (Å²) in [6, 6.07) is 27.3. The number of phenolic OH excluding ortho intramolecular Hbond substituents is 1. The maximum Gasteiger partial charge on any atom is 0.255 e. The lowest BCUT2D eigenvalue weighted by Crippen LogP contribution is -2.11. The highest BCUT2D eigenvalue weighted by Gasteiger charge is 2.15. The Morgan fingerprint density at radius 1 is 0.971 bits per heavy atom. The molecule has 0 saturated heterocycles. The van der Waals surface area contributed by atoms with Crippen molar-refractivity contribution in [1.82, 2.24) is 4.98 Å². The van der Waals surface area contributed by atoms with E-state index >= 15 is 0 Å². The average molecular weight is 450 g/mol. The molecule has 0 fully saturated rings. The van der Waals surface area contributed by atoms with Gasteiger partial charge in [0, 0.05) is 11.3 Å². The monoisotopic (exact) mass is 450 g/mol. The van der Waals surface area contributed by atoms with Gasteiger partial charge in [-0.3, -0.25) is 4.79 Å². The summed E-state index contributed by atoms with van der Waals surface area (Å²) in [5.41, 5.74) is 4.86. The Kier molecular flexibility index (Phi) is 5.70. The molecule has 0 spiro atoms. The van der Waals surface area contributed by atoms with Crippen LogP contribution in [0.5, 0.6) is 11.5 Å². The van der Waals surface area contributed by atoms with Gasteiger partial charge in [-0.25, -0.2) is 4.98 Å². The number of rotatable bonds is 6. The van der Waals surface area contributed by atoms with Crippen molar-refractivity contribution < 1.29 is 19.1 Å². The number of fused-ring (bicyclic) bond motifs is 1. The van der Waals surface area contributed by atoms with Crippen molar-refractivity contribution in [2.75, 3.05) is 5.32 Å². The third-order valence-corrected chi connectivity index (χ3v) is 5.39. The molecule has 4 aromatic carbocycles. The van der Waals surface area contributed by atoms with Gasteiger partial charge < -0.3 is 19.6 Å². The van der Waals surface area contributed by atoms with Crippen LogP contribution >= 0.6 is 0 Å². The lowest BCUT2D eigenvalue weighted by Gasteiger charge is -2.09. The summed E-state index contributed by atoms with van der Waals surface area (Å²) in [5.74, 6) is 0.702. The van der Waals surface area contributed by atoms with Crippen molar-refractivity contribution in [3.63, 3.8) is 0 Å². The number of nitrogens with one attached hydrogen (secondary N) is 1. The fraction of sp³-hybridized carbons (Fsp3) is 0.0714. The van der Waals surface area contributed by atoms with E-state index in [1.807, 2.05) is 55.5 Å². The number of aromatic nitrogens is 1. The Bertz CT molecular complexity index is 1460. The van der Waals surface area contributed by atoms with Gasteiger partial charge in [0.1, 0.15) is 23.6 Å². The van der Waals surface area contributed by atoms with Crippen LogP contribution in [0, 0.1) is 6.92 Å². The first-order valence-corrected chi connectivity index (χ1v) is 10.8. The third kappa shape index (κ3) is 4.61. The molecule has 1 amide bonds. The second-order valence-electron chi connectivity index (χ2n) is 7.97. The van der Waals surface area contributed by atoms with Gasteiger partial charge in [0.25, 0.3) is 5.91 Å². The van der Waals surface area contributed by atoms with E-state index in [1.165, 1.54) is 6.07 Å². The van der Waals surface area contributed by atoms with Gasteiger partial charge in [0.15, 0.2) is 5.58 Å². The quantitative estimate of drug-likeness (QED) is 0.295. The number of nitrogens with zero attached hydrogens (tertiary/aromatic N) is 1. The van der Waals surface area contributed by atoms with Gasteiger partial charge in [0.05, 0.1) is 5.56 Å². The summed E-state index contributed by atoms with van der Waals surface area (Å²) in [7, 11) is 0. The van der Waals surface area contributed by atoms with E-state index < -0.39 is 0 Å². The molecule has 1 heterocycles. The summed E-state index contributed by atoms with van der Waals surface area (Å²) >= 11 is 0. The van der Waals surface area contributed by atoms with Crippen LogP contribution in [-0.2, 0) is 6.61 Å². The van der Waals surface area contributed by atoms with Crippen molar-refractivity contribution in [2.45, 2.75) is 13.5 Å². The number of carbonyl (C=O) groups is 1. The number of aryl methyl sites for hydroxylation is 1. The molecule has 2 N–H and O–H groups in total. The molecule has 0 atom stereocenters. The molecule has 0 aliphatic carbocycles. The zero-order chi connectivity index (χ0) is 23.5. The van der Waals surface area contributed by atoms with E-state index in [2.05, 4.69) is 10.3 Å². The van der Waals surface area contributed by atoms with E-state index in [1.54, 1.807) is 36.4 Å². The van der Waals surface area contributed by atoms with E-state index in [0.717, 1.165) is 11.1 Å². The first kappa shape index (κ1) is 21.3. The Morgan fingerprint density at radius 3 is 2.56 bits per heavy atom. The molecule has 0 radical (unpaired) electrons. The number of hydrogen-bond acceptors (Lipinski definition) is 5. The molecule has 168 valence electrons. The van der Waals surface area contributed by atoms with Crippen LogP contribution in [0.4, 0.5) is 5.69 Å². The Balaban J connectivity index is 1.29. The van der Waals surface area contributed by atoms with Gasteiger partial charge in [-0.1, -0.05) is 36.4 Å². The number of amides is 1. The second-order valence-corrected chi connectivity index (χ2v) is 7.97. The number of oxazole rings is 1. The van der Waals surface area contributed by atoms with Crippen LogP contribution in [0.3, 0.4) is 0 Å². The van der Waals surface area contributed by atoms with Crippen molar-refractivity contribution in [1.29, 1.82) is 0 Å². The highest BCUT2D eigenvalue weighted by molar-refractivity contribution is 6.04. The number of aromatic hydroxyl groups is 1. The molecule has 0 saturated carbocycles. The van der Waals surface area contributed by atoms with Crippen LogP contribution in [0.2, 0.25) is 0 Å². The summed E-state index contributed by atoms with van der Waals surface area (Å²) < 4.78 is 11.6. The van der Waals surface area contributed by atoms with Crippen molar-refractivity contribution in [2.24, 2.45) is 0 Å². The first-order valence-electron chi connectivity index (χ1n) is 10.8. The minimum absolute atomic E-state index is 0.0150. The highest BCUT2D eigenvalue weighted by atomic mass is 16.5. The van der Waals surface area contributed by atoms with Gasteiger partial charge in [-0.2, -0.15) is 0 Å². The third-order valence-electron chi connectivity index (χ3n) is 5.39. The molecule has 0 aliphatic rings. The summed E-state index contributed by atoms with van der Waals surface area (Å²) in [4.78, 5) is 17.2. The largest absolute Gasteiger partial charge is 0.507 e. The van der Waals surface area contributed by atoms with Crippen molar-refractivity contribution in [3.05, 3.63) is 108 Å². The highest BCUT2D eigenvalue weighted by Crippen LogP contribution is 2.33. The fourth-order valence-corrected chi connectivity index (χ4v) is 3.58. The SMILES string of the molecule is Cc1ccc2nc(-c3cc(NC(=O)c4ccc(OCc5ccccc5)cc4)ccc3O)oc2c1. The minimum atomic E-state index is -0.278. The Hall–Kier alpha value is -4.58. The second kappa shape index (κ2) is 9.11. The molecular weight excluding hydrogens is 428 g/mol. The molecule has 6 nitrogen and oxygen atoms in total. The maximum atomic E-state index is 12.8. The molecular formula is C28H22N2O4. The first-order chi connectivity index (χ1) is 16.5. The predicted octanol–water partition coefficient (Wildman–Crippen LogP) is 6.34. The van der Waals surface area contributed by atoms with E-state index in [9.17, 15) is 9.90 Å². The molecule has 6 heteroatoms. The van der Waals surface area contributed by atoms with Crippen LogP contribution in [0.15, 0.2) is 95.4 Å². The lowest BCUT2D eigenvalue weighted by molar-refractivity contribution is 0.102. The van der Waals surface area contributed by atoms with Gasteiger partial charge in [0.2, 0.25) is 5.89 Å². The summed E-state index contributed by atoms with van der Waals surface area (Å²) in [5, 5.41) is 13.2. The van der Waals surface area contributed by atoms with Crippen LogP contribution in [-0.4, -0.2) is 16.0 Å². The summed E-state index contributed by atoms with van der Waals surface area (Å²) in [6.07, 6.45) is 0. The van der Waals surface area contributed by atoms with Crippen LogP contribution < -0.4 is 10.1 Å². The molecule has 0 aliphatic heterocycles. The molecule has 34 heavy (non-hydrogen) atoms. The van der Waals surface area contributed by atoms with Crippen molar-refractivity contribution in [3.8, 4) is 23.0 Å². The molecule has 5 aromatic rings. The molecule has 0 bridgehead atoms.